The normalized spacial score (nSPS) is 36.1. The van der Waals surface area contributed by atoms with E-state index in [1.807, 2.05) is 0 Å². The smallest absolute Gasteiger partial charge is 0.302 e. The van der Waals surface area contributed by atoms with Gasteiger partial charge in [-0.1, -0.05) is 33.6 Å². The predicted molar refractivity (Wildman–Crippen MR) is 71.0 cm³/mol. The Balaban J connectivity index is 2.79. The van der Waals surface area contributed by atoms with E-state index in [0.29, 0.717) is 30.3 Å². The van der Waals surface area contributed by atoms with Crippen LogP contribution < -0.4 is 0 Å². The topological polar surface area (TPSA) is 43.4 Å². The van der Waals surface area contributed by atoms with Crippen molar-refractivity contribution in [2.75, 3.05) is 6.61 Å². The summed E-state index contributed by atoms with van der Waals surface area (Å²) >= 11 is 0. The lowest BCUT2D eigenvalue weighted by molar-refractivity contribution is -0.144. The number of rotatable bonds is 5. The SMILES string of the molecule is CC[C@@H]1[C@H](COC(C)=O)C[C@H](C)[C@@H](CC)[C@@H]1C=O. The zero-order valence-electron chi connectivity index (χ0n) is 12.0. The van der Waals surface area contributed by atoms with Crippen molar-refractivity contribution in [3.63, 3.8) is 0 Å². The number of ether oxygens (including phenoxy) is 1. The van der Waals surface area contributed by atoms with Gasteiger partial charge in [0.15, 0.2) is 0 Å². The molecule has 1 rings (SSSR count). The molecular formula is C15H26O3. The van der Waals surface area contributed by atoms with Crippen LogP contribution in [0, 0.1) is 29.6 Å². The van der Waals surface area contributed by atoms with Crippen molar-refractivity contribution in [3.8, 4) is 0 Å². The summed E-state index contributed by atoms with van der Waals surface area (Å²) in [6, 6.07) is 0. The Morgan fingerprint density at radius 3 is 2.33 bits per heavy atom. The zero-order chi connectivity index (χ0) is 13.7. The van der Waals surface area contributed by atoms with Crippen molar-refractivity contribution >= 4 is 12.3 Å². The molecule has 0 N–H and O–H groups in total. The van der Waals surface area contributed by atoms with Crippen molar-refractivity contribution in [2.45, 2.75) is 47.0 Å². The van der Waals surface area contributed by atoms with Crippen LogP contribution in [0.3, 0.4) is 0 Å². The van der Waals surface area contributed by atoms with Crippen molar-refractivity contribution in [2.24, 2.45) is 29.6 Å². The maximum Gasteiger partial charge on any atom is 0.302 e. The molecule has 0 bridgehead atoms. The summed E-state index contributed by atoms with van der Waals surface area (Å²) in [6.07, 6.45) is 4.24. The number of carbonyl (C=O) groups excluding carboxylic acids is 2. The van der Waals surface area contributed by atoms with Gasteiger partial charge in [0, 0.05) is 12.8 Å². The third-order valence-electron chi connectivity index (χ3n) is 4.60. The third-order valence-corrected chi connectivity index (χ3v) is 4.60. The Hall–Kier alpha value is -0.860. The molecule has 0 aromatic heterocycles. The van der Waals surface area contributed by atoms with E-state index < -0.39 is 0 Å². The summed E-state index contributed by atoms with van der Waals surface area (Å²) in [5.41, 5.74) is 0. The van der Waals surface area contributed by atoms with Crippen LogP contribution in [-0.2, 0) is 14.3 Å². The molecule has 104 valence electrons. The highest BCUT2D eigenvalue weighted by molar-refractivity contribution is 5.65. The Morgan fingerprint density at radius 1 is 1.28 bits per heavy atom. The number of aldehydes is 1. The Labute approximate surface area is 110 Å². The minimum atomic E-state index is -0.224. The van der Waals surface area contributed by atoms with Crippen molar-refractivity contribution in [1.82, 2.24) is 0 Å². The summed E-state index contributed by atoms with van der Waals surface area (Å²) < 4.78 is 5.17. The molecule has 1 aliphatic carbocycles. The van der Waals surface area contributed by atoms with E-state index in [1.165, 1.54) is 6.92 Å². The van der Waals surface area contributed by atoms with Crippen LogP contribution >= 0.6 is 0 Å². The summed E-state index contributed by atoms with van der Waals surface area (Å²) in [5.74, 6) is 1.63. The van der Waals surface area contributed by atoms with E-state index in [9.17, 15) is 9.59 Å². The van der Waals surface area contributed by atoms with E-state index >= 15 is 0 Å². The summed E-state index contributed by atoms with van der Waals surface area (Å²) in [6.45, 7) is 8.43. The third kappa shape index (κ3) is 3.33. The van der Waals surface area contributed by atoms with Crippen molar-refractivity contribution < 1.29 is 14.3 Å². The molecule has 18 heavy (non-hydrogen) atoms. The molecule has 1 fully saturated rings. The molecule has 1 aliphatic rings. The highest BCUT2D eigenvalue weighted by Gasteiger charge is 2.41. The number of hydrogen-bond acceptors (Lipinski definition) is 3. The lowest BCUT2D eigenvalue weighted by Crippen LogP contribution is -2.41. The van der Waals surface area contributed by atoms with Crippen LogP contribution in [0.5, 0.6) is 0 Å². The van der Waals surface area contributed by atoms with Gasteiger partial charge < -0.3 is 9.53 Å². The molecule has 5 atom stereocenters. The number of hydrogen-bond donors (Lipinski definition) is 0. The van der Waals surface area contributed by atoms with Gasteiger partial charge in [0.2, 0.25) is 0 Å². The molecule has 0 saturated heterocycles. The van der Waals surface area contributed by atoms with Crippen LogP contribution in [0.25, 0.3) is 0 Å². The fourth-order valence-electron chi connectivity index (χ4n) is 3.74. The van der Waals surface area contributed by atoms with Gasteiger partial charge in [-0.25, -0.2) is 0 Å². The van der Waals surface area contributed by atoms with E-state index in [0.717, 1.165) is 25.5 Å². The quantitative estimate of drug-likeness (QED) is 0.559. The molecule has 0 radical (unpaired) electrons. The van der Waals surface area contributed by atoms with Crippen LogP contribution in [-0.4, -0.2) is 18.9 Å². The Kier molecular flexibility index (Phi) is 5.83. The van der Waals surface area contributed by atoms with Crippen LogP contribution in [0.1, 0.15) is 47.0 Å². The summed E-state index contributed by atoms with van der Waals surface area (Å²) in [4.78, 5) is 22.4. The van der Waals surface area contributed by atoms with Gasteiger partial charge in [-0.05, 0) is 30.1 Å². The van der Waals surface area contributed by atoms with E-state index in [4.69, 9.17) is 4.74 Å². The van der Waals surface area contributed by atoms with Gasteiger partial charge in [-0.3, -0.25) is 4.79 Å². The van der Waals surface area contributed by atoms with E-state index in [2.05, 4.69) is 20.8 Å². The average molecular weight is 254 g/mol. The lowest BCUT2D eigenvalue weighted by atomic mass is 9.61. The molecule has 0 heterocycles. The molecular weight excluding hydrogens is 228 g/mol. The highest BCUT2D eigenvalue weighted by Crippen LogP contribution is 2.44. The first kappa shape index (κ1) is 15.2. The monoisotopic (exact) mass is 254 g/mol. The molecule has 3 heteroatoms. The lowest BCUT2D eigenvalue weighted by Gasteiger charge is -2.43. The van der Waals surface area contributed by atoms with Gasteiger partial charge in [-0.15, -0.1) is 0 Å². The van der Waals surface area contributed by atoms with Gasteiger partial charge in [0.05, 0.1) is 6.61 Å². The van der Waals surface area contributed by atoms with Crippen LogP contribution in [0.4, 0.5) is 0 Å². The van der Waals surface area contributed by atoms with Gasteiger partial charge in [-0.2, -0.15) is 0 Å². The van der Waals surface area contributed by atoms with Gasteiger partial charge in [0.1, 0.15) is 6.29 Å². The predicted octanol–water partition coefficient (Wildman–Crippen LogP) is 3.07. The van der Waals surface area contributed by atoms with Gasteiger partial charge in [0.25, 0.3) is 0 Å². The second-order valence-corrected chi connectivity index (χ2v) is 5.63. The maximum atomic E-state index is 11.4. The number of esters is 1. The molecule has 0 aliphatic heterocycles. The standard InChI is InChI=1S/C15H26O3/c1-5-13-10(3)7-12(9-18-11(4)17)14(6-2)15(13)8-16/h8,10,12-15H,5-7,9H2,1-4H3/t10-,12-,13+,14+,15-/m0/s1. The van der Waals surface area contributed by atoms with Crippen molar-refractivity contribution in [3.05, 3.63) is 0 Å². The molecule has 1 saturated carbocycles. The minimum absolute atomic E-state index is 0.129. The first-order valence-electron chi connectivity index (χ1n) is 7.13. The molecule has 0 aromatic rings. The van der Waals surface area contributed by atoms with Crippen LogP contribution in [0.2, 0.25) is 0 Å². The fourth-order valence-corrected chi connectivity index (χ4v) is 3.74. The highest BCUT2D eigenvalue weighted by atomic mass is 16.5. The minimum Gasteiger partial charge on any atom is -0.466 e. The molecule has 0 aromatic carbocycles. The molecule has 0 spiro atoms. The largest absolute Gasteiger partial charge is 0.466 e. The molecule has 3 nitrogen and oxygen atoms in total. The second-order valence-electron chi connectivity index (χ2n) is 5.63. The average Bonchev–Trinajstić information content (AvgIpc) is 2.34. The maximum absolute atomic E-state index is 11.4. The first-order chi connectivity index (χ1) is 8.54. The van der Waals surface area contributed by atoms with Crippen molar-refractivity contribution in [1.29, 1.82) is 0 Å². The van der Waals surface area contributed by atoms with E-state index in [-0.39, 0.29) is 11.9 Å². The molecule has 0 amide bonds. The molecule has 0 unspecified atom stereocenters. The van der Waals surface area contributed by atoms with Crippen LogP contribution in [0.15, 0.2) is 0 Å². The second kappa shape index (κ2) is 6.91. The summed E-state index contributed by atoms with van der Waals surface area (Å²) in [7, 11) is 0. The number of carbonyl (C=O) groups is 2. The Morgan fingerprint density at radius 2 is 1.89 bits per heavy atom. The first-order valence-corrected chi connectivity index (χ1v) is 7.13. The fraction of sp³-hybridized carbons (Fsp3) is 0.867. The Bertz CT molecular complexity index is 287. The van der Waals surface area contributed by atoms with E-state index in [1.54, 1.807) is 0 Å². The zero-order valence-corrected chi connectivity index (χ0v) is 12.0. The van der Waals surface area contributed by atoms with Gasteiger partial charge >= 0.3 is 5.97 Å². The summed E-state index contributed by atoms with van der Waals surface area (Å²) in [5, 5.41) is 0.